The molecule has 1 N–H and O–H groups in total. The van der Waals surface area contributed by atoms with E-state index in [9.17, 15) is 9.90 Å². The van der Waals surface area contributed by atoms with E-state index in [0.29, 0.717) is 12.3 Å². The largest absolute Gasteiger partial charge is 0.481 e. The molecule has 1 aromatic rings. The predicted octanol–water partition coefficient (Wildman–Crippen LogP) is 4.23. The fourth-order valence-corrected chi connectivity index (χ4v) is 2.25. The van der Waals surface area contributed by atoms with Crippen LogP contribution in [0.15, 0.2) is 22.7 Å². The Hall–Kier alpha value is -0.830. The van der Waals surface area contributed by atoms with Gasteiger partial charge < -0.3 is 5.11 Å². The molecule has 0 spiro atoms. The lowest BCUT2D eigenvalue weighted by Crippen LogP contribution is -2.26. The van der Waals surface area contributed by atoms with Crippen molar-refractivity contribution in [2.24, 2.45) is 5.41 Å². The SMILES string of the molecule is CC(C)c1ccc(Br)cc1CC(C)(C)C(=O)O. The highest BCUT2D eigenvalue weighted by Gasteiger charge is 2.28. The van der Waals surface area contributed by atoms with Crippen molar-refractivity contribution < 1.29 is 9.90 Å². The number of rotatable bonds is 4. The summed E-state index contributed by atoms with van der Waals surface area (Å²) >= 11 is 3.44. The molecule has 1 rings (SSSR count). The van der Waals surface area contributed by atoms with Gasteiger partial charge in [-0.1, -0.05) is 35.8 Å². The molecule has 17 heavy (non-hydrogen) atoms. The second kappa shape index (κ2) is 5.21. The number of halogens is 1. The van der Waals surface area contributed by atoms with E-state index in [2.05, 4.69) is 35.8 Å². The highest BCUT2D eigenvalue weighted by atomic mass is 79.9. The first-order valence-electron chi connectivity index (χ1n) is 5.76. The number of benzene rings is 1. The van der Waals surface area contributed by atoms with Crippen molar-refractivity contribution in [3.63, 3.8) is 0 Å². The van der Waals surface area contributed by atoms with Gasteiger partial charge in [0.25, 0.3) is 0 Å². The Labute approximate surface area is 111 Å². The van der Waals surface area contributed by atoms with Gasteiger partial charge in [0.1, 0.15) is 0 Å². The van der Waals surface area contributed by atoms with Crippen LogP contribution < -0.4 is 0 Å². The highest BCUT2D eigenvalue weighted by Crippen LogP contribution is 2.29. The zero-order valence-corrected chi connectivity index (χ0v) is 12.3. The van der Waals surface area contributed by atoms with Gasteiger partial charge in [0.15, 0.2) is 0 Å². The monoisotopic (exact) mass is 298 g/mol. The average molecular weight is 299 g/mol. The van der Waals surface area contributed by atoms with Crippen LogP contribution in [0.5, 0.6) is 0 Å². The van der Waals surface area contributed by atoms with Gasteiger partial charge in [0.05, 0.1) is 5.41 Å². The van der Waals surface area contributed by atoms with E-state index in [-0.39, 0.29) is 0 Å². The maximum absolute atomic E-state index is 11.2. The number of aliphatic carboxylic acids is 1. The number of hydrogen-bond donors (Lipinski definition) is 1. The smallest absolute Gasteiger partial charge is 0.309 e. The molecule has 0 aliphatic rings. The molecule has 0 heterocycles. The molecule has 0 atom stereocenters. The summed E-state index contributed by atoms with van der Waals surface area (Å²) in [4.78, 5) is 11.2. The molecule has 0 saturated heterocycles. The third kappa shape index (κ3) is 3.56. The summed E-state index contributed by atoms with van der Waals surface area (Å²) in [6.45, 7) is 7.78. The molecule has 1 aromatic carbocycles. The summed E-state index contributed by atoms with van der Waals surface area (Å²) in [5.74, 6) is -0.352. The van der Waals surface area contributed by atoms with Crippen molar-refractivity contribution in [1.82, 2.24) is 0 Å². The molecule has 0 fully saturated rings. The quantitative estimate of drug-likeness (QED) is 0.903. The van der Waals surface area contributed by atoms with Crippen LogP contribution in [0, 0.1) is 5.41 Å². The third-order valence-electron chi connectivity index (χ3n) is 2.94. The van der Waals surface area contributed by atoms with Crippen LogP contribution in [0.4, 0.5) is 0 Å². The molecular weight excluding hydrogens is 280 g/mol. The Morgan fingerprint density at radius 2 is 2.00 bits per heavy atom. The van der Waals surface area contributed by atoms with Gasteiger partial charge in [-0.05, 0) is 49.4 Å². The maximum atomic E-state index is 11.2. The first kappa shape index (κ1) is 14.2. The van der Waals surface area contributed by atoms with Crippen molar-refractivity contribution in [2.75, 3.05) is 0 Å². The van der Waals surface area contributed by atoms with Crippen LogP contribution in [0.2, 0.25) is 0 Å². The average Bonchev–Trinajstić information content (AvgIpc) is 2.15. The van der Waals surface area contributed by atoms with E-state index < -0.39 is 11.4 Å². The summed E-state index contributed by atoms with van der Waals surface area (Å²) in [7, 11) is 0. The zero-order chi connectivity index (χ0) is 13.2. The third-order valence-corrected chi connectivity index (χ3v) is 3.43. The van der Waals surface area contributed by atoms with Gasteiger partial charge in [-0.25, -0.2) is 0 Å². The van der Waals surface area contributed by atoms with Crippen molar-refractivity contribution in [2.45, 2.75) is 40.0 Å². The lowest BCUT2D eigenvalue weighted by atomic mass is 9.82. The minimum Gasteiger partial charge on any atom is -0.481 e. The van der Waals surface area contributed by atoms with Crippen molar-refractivity contribution in [3.8, 4) is 0 Å². The van der Waals surface area contributed by atoms with Crippen molar-refractivity contribution >= 4 is 21.9 Å². The number of carboxylic acids is 1. The predicted molar refractivity (Wildman–Crippen MR) is 73.4 cm³/mol. The number of hydrogen-bond acceptors (Lipinski definition) is 1. The molecular formula is C14H19BrO2. The molecule has 0 amide bonds. The Morgan fingerprint density at radius 1 is 1.41 bits per heavy atom. The standard InChI is InChI=1S/C14H19BrO2/c1-9(2)12-6-5-11(15)7-10(12)8-14(3,4)13(16)17/h5-7,9H,8H2,1-4H3,(H,16,17). The van der Waals surface area contributed by atoms with Crippen LogP contribution in [0.3, 0.4) is 0 Å². The molecule has 94 valence electrons. The Morgan fingerprint density at radius 3 is 2.47 bits per heavy atom. The summed E-state index contributed by atoms with van der Waals surface area (Å²) in [5, 5.41) is 9.19. The molecule has 0 unspecified atom stereocenters. The minimum absolute atomic E-state index is 0.405. The van der Waals surface area contributed by atoms with E-state index in [0.717, 1.165) is 10.0 Å². The summed E-state index contributed by atoms with van der Waals surface area (Å²) < 4.78 is 0.998. The normalized spacial score (nSPS) is 11.9. The van der Waals surface area contributed by atoms with Crippen molar-refractivity contribution in [3.05, 3.63) is 33.8 Å². The fraction of sp³-hybridized carbons (Fsp3) is 0.500. The molecule has 2 nitrogen and oxygen atoms in total. The summed E-state index contributed by atoms with van der Waals surface area (Å²) in [6, 6.07) is 6.11. The Bertz CT molecular complexity index is 422. The van der Waals surface area contributed by atoms with Crippen LogP contribution in [-0.4, -0.2) is 11.1 Å². The topological polar surface area (TPSA) is 37.3 Å². The van der Waals surface area contributed by atoms with Crippen molar-refractivity contribution in [1.29, 1.82) is 0 Å². The molecule has 0 aromatic heterocycles. The van der Waals surface area contributed by atoms with E-state index in [4.69, 9.17) is 0 Å². The number of carboxylic acid groups (broad SMARTS) is 1. The molecule has 0 aliphatic carbocycles. The second-order valence-electron chi connectivity index (χ2n) is 5.36. The second-order valence-corrected chi connectivity index (χ2v) is 6.28. The van der Waals surface area contributed by atoms with Gasteiger partial charge in [0.2, 0.25) is 0 Å². The summed E-state index contributed by atoms with van der Waals surface area (Å²) in [6.07, 6.45) is 0.551. The molecule has 0 radical (unpaired) electrons. The van der Waals surface area contributed by atoms with Crippen LogP contribution >= 0.6 is 15.9 Å². The van der Waals surface area contributed by atoms with Crippen LogP contribution in [0.1, 0.15) is 44.7 Å². The fourth-order valence-electron chi connectivity index (χ4n) is 1.84. The first-order chi connectivity index (χ1) is 7.74. The lowest BCUT2D eigenvalue weighted by Gasteiger charge is -2.22. The van der Waals surface area contributed by atoms with Gasteiger partial charge >= 0.3 is 5.97 Å². The van der Waals surface area contributed by atoms with Gasteiger partial charge in [-0.3, -0.25) is 4.79 Å². The first-order valence-corrected chi connectivity index (χ1v) is 6.55. The van der Waals surface area contributed by atoms with E-state index in [1.807, 2.05) is 12.1 Å². The van der Waals surface area contributed by atoms with Crippen LogP contribution in [0.25, 0.3) is 0 Å². The van der Waals surface area contributed by atoms with Gasteiger partial charge in [0, 0.05) is 4.47 Å². The Kier molecular flexibility index (Phi) is 4.36. The van der Waals surface area contributed by atoms with Gasteiger partial charge in [-0.2, -0.15) is 0 Å². The van der Waals surface area contributed by atoms with Crippen LogP contribution in [-0.2, 0) is 11.2 Å². The van der Waals surface area contributed by atoms with E-state index >= 15 is 0 Å². The highest BCUT2D eigenvalue weighted by molar-refractivity contribution is 9.10. The van der Waals surface area contributed by atoms with Gasteiger partial charge in [-0.15, -0.1) is 0 Å². The van der Waals surface area contributed by atoms with E-state index in [1.54, 1.807) is 13.8 Å². The lowest BCUT2D eigenvalue weighted by molar-refractivity contribution is -0.146. The minimum atomic E-state index is -0.757. The number of carbonyl (C=O) groups is 1. The molecule has 0 saturated carbocycles. The molecule has 0 bridgehead atoms. The maximum Gasteiger partial charge on any atom is 0.309 e. The van der Waals surface area contributed by atoms with E-state index in [1.165, 1.54) is 5.56 Å². The molecule has 3 heteroatoms. The molecule has 0 aliphatic heterocycles. The zero-order valence-electron chi connectivity index (χ0n) is 10.7. The Balaban J connectivity index is 3.12. The summed E-state index contributed by atoms with van der Waals surface area (Å²) in [5.41, 5.74) is 1.61.